The average molecular weight is 291 g/mol. The summed E-state index contributed by atoms with van der Waals surface area (Å²) in [5.41, 5.74) is 3.38. The van der Waals surface area contributed by atoms with Crippen LogP contribution in [0.3, 0.4) is 0 Å². The van der Waals surface area contributed by atoms with Crippen molar-refractivity contribution in [1.29, 1.82) is 0 Å². The number of methoxy groups -OCH3 is 1. The molecule has 0 aliphatic carbocycles. The van der Waals surface area contributed by atoms with Gasteiger partial charge in [-0.2, -0.15) is 0 Å². The fourth-order valence-electron chi connectivity index (χ4n) is 2.69. The maximum atomic E-state index is 12.2. The molecule has 3 heterocycles. The Hall–Kier alpha value is -3.08. The number of aromatic amines is 1. The highest BCUT2D eigenvalue weighted by atomic mass is 16.5. The van der Waals surface area contributed by atoms with Gasteiger partial charge in [0.05, 0.1) is 12.7 Å². The molecule has 0 bridgehead atoms. The van der Waals surface area contributed by atoms with Gasteiger partial charge < -0.3 is 15.0 Å². The minimum atomic E-state index is -0.133. The predicted molar refractivity (Wildman–Crippen MR) is 85.6 cm³/mol. The molecule has 0 saturated heterocycles. The lowest BCUT2D eigenvalue weighted by molar-refractivity contribution is -0.110. The van der Waals surface area contributed by atoms with Crippen LogP contribution in [0.5, 0.6) is 5.75 Å². The third-order valence-electron chi connectivity index (χ3n) is 3.80. The van der Waals surface area contributed by atoms with Crippen LogP contribution in [0.2, 0.25) is 0 Å². The molecule has 1 aliphatic heterocycles. The average Bonchev–Trinajstić information content (AvgIpc) is 3.09. The number of nitrogens with one attached hydrogen (secondary N) is 2. The molecule has 0 saturated carbocycles. The molecule has 0 spiro atoms. The second-order valence-corrected chi connectivity index (χ2v) is 5.07. The van der Waals surface area contributed by atoms with Crippen molar-refractivity contribution in [3.8, 4) is 5.75 Å². The first-order chi connectivity index (χ1) is 10.8. The molecule has 3 aromatic rings. The summed E-state index contributed by atoms with van der Waals surface area (Å²) in [6.07, 6.45) is 5.43. The largest absolute Gasteiger partial charge is 0.497 e. The van der Waals surface area contributed by atoms with Gasteiger partial charge in [-0.1, -0.05) is 0 Å². The van der Waals surface area contributed by atoms with E-state index in [4.69, 9.17) is 4.74 Å². The van der Waals surface area contributed by atoms with Crippen molar-refractivity contribution in [1.82, 2.24) is 9.97 Å². The van der Waals surface area contributed by atoms with Gasteiger partial charge >= 0.3 is 0 Å². The number of hydrogen-bond donors (Lipinski definition) is 2. The number of aromatic nitrogens is 2. The first-order valence-electron chi connectivity index (χ1n) is 6.90. The van der Waals surface area contributed by atoms with Crippen molar-refractivity contribution in [3.05, 3.63) is 53.9 Å². The number of H-pyrrole nitrogens is 1. The quantitative estimate of drug-likeness (QED) is 0.713. The molecule has 2 aromatic heterocycles. The smallest absolute Gasteiger partial charge is 0.257 e. The Balaban J connectivity index is 1.88. The highest BCUT2D eigenvalue weighted by Gasteiger charge is 2.24. The molecule has 0 radical (unpaired) electrons. The van der Waals surface area contributed by atoms with Crippen LogP contribution in [0.1, 0.15) is 11.1 Å². The summed E-state index contributed by atoms with van der Waals surface area (Å²) in [4.78, 5) is 19.5. The van der Waals surface area contributed by atoms with Crippen molar-refractivity contribution in [2.75, 3.05) is 12.4 Å². The van der Waals surface area contributed by atoms with Gasteiger partial charge in [-0.05, 0) is 36.4 Å². The summed E-state index contributed by atoms with van der Waals surface area (Å²) in [6.45, 7) is 0. The fraction of sp³-hybridized carbons (Fsp3) is 0.0588. The number of fused-ring (bicyclic) bond motifs is 2. The van der Waals surface area contributed by atoms with Crippen LogP contribution in [0.4, 0.5) is 5.82 Å². The molecule has 1 aromatic carbocycles. The molecule has 0 unspecified atom stereocenters. The Morgan fingerprint density at radius 2 is 2.18 bits per heavy atom. The first-order valence-corrected chi connectivity index (χ1v) is 6.90. The third-order valence-corrected chi connectivity index (χ3v) is 3.80. The van der Waals surface area contributed by atoms with E-state index in [2.05, 4.69) is 15.3 Å². The molecule has 5 nitrogen and oxygen atoms in total. The van der Waals surface area contributed by atoms with Crippen molar-refractivity contribution >= 4 is 34.3 Å². The minimum absolute atomic E-state index is 0.133. The fourth-order valence-corrected chi connectivity index (χ4v) is 2.69. The number of ether oxygens (including phenoxy) is 1. The predicted octanol–water partition coefficient (Wildman–Crippen LogP) is 3.06. The number of hydrogen-bond acceptors (Lipinski definition) is 3. The summed E-state index contributed by atoms with van der Waals surface area (Å²) in [6, 6.07) is 9.53. The summed E-state index contributed by atoms with van der Waals surface area (Å²) in [5.74, 6) is 1.26. The first kappa shape index (κ1) is 12.6. The van der Waals surface area contributed by atoms with Crippen molar-refractivity contribution < 1.29 is 9.53 Å². The van der Waals surface area contributed by atoms with E-state index in [-0.39, 0.29) is 5.91 Å². The highest BCUT2D eigenvalue weighted by molar-refractivity contribution is 6.34. The summed E-state index contributed by atoms with van der Waals surface area (Å²) in [5, 5.41) is 3.79. The summed E-state index contributed by atoms with van der Waals surface area (Å²) < 4.78 is 5.27. The van der Waals surface area contributed by atoms with Gasteiger partial charge in [0.2, 0.25) is 0 Å². The van der Waals surface area contributed by atoms with Gasteiger partial charge in [0.1, 0.15) is 11.6 Å². The molecule has 1 amide bonds. The zero-order chi connectivity index (χ0) is 15.1. The van der Waals surface area contributed by atoms with E-state index >= 15 is 0 Å². The second-order valence-electron chi connectivity index (χ2n) is 5.07. The van der Waals surface area contributed by atoms with Crippen molar-refractivity contribution in [2.45, 2.75) is 0 Å². The van der Waals surface area contributed by atoms with Gasteiger partial charge in [-0.15, -0.1) is 0 Å². The third kappa shape index (κ3) is 1.87. The van der Waals surface area contributed by atoms with E-state index in [0.717, 1.165) is 27.8 Å². The van der Waals surface area contributed by atoms with Crippen LogP contribution >= 0.6 is 0 Å². The van der Waals surface area contributed by atoms with E-state index < -0.39 is 0 Å². The summed E-state index contributed by atoms with van der Waals surface area (Å²) >= 11 is 0. The lowest BCUT2D eigenvalue weighted by Gasteiger charge is -2.00. The lowest BCUT2D eigenvalue weighted by Crippen LogP contribution is -2.04. The Morgan fingerprint density at radius 3 is 3.05 bits per heavy atom. The van der Waals surface area contributed by atoms with E-state index in [1.807, 2.05) is 42.6 Å². The van der Waals surface area contributed by atoms with Crippen molar-refractivity contribution in [2.24, 2.45) is 0 Å². The number of anilines is 1. The number of benzene rings is 1. The van der Waals surface area contributed by atoms with E-state index in [1.165, 1.54) is 0 Å². The Morgan fingerprint density at radius 1 is 1.27 bits per heavy atom. The molecule has 0 fully saturated rings. The number of rotatable bonds is 2. The minimum Gasteiger partial charge on any atom is -0.497 e. The zero-order valence-electron chi connectivity index (χ0n) is 11.9. The molecule has 5 heteroatoms. The van der Waals surface area contributed by atoms with E-state index in [0.29, 0.717) is 11.4 Å². The lowest BCUT2D eigenvalue weighted by atomic mass is 10.1. The molecule has 0 atom stereocenters. The van der Waals surface area contributed by atoms with Gasteiger partial charge in [-0.25, -0.2) is 4.98 Å². The number of pyridine rings is 1. The maximum Gasteiger partial charge on any atom is 0.257 e. The van der Waals surface area contributed by atoms with Crippen LogP contribution in [-0.2, 0) is 4.79 Å². The topological polar surface area (TPSA) is 67.0 Å². The number of nitrogens with zero attached hydrogens (tertiary/aromatic N) is 1. The number of carbonyl (C=O) groups excluding carboxylic acids is 1. The Labute approximate surface area is 126 Å². The van der Waals surface area contributed by atoms with Crippen LogP contribution < -0.4 is 10.1 Å². The van der Waals surface area contributed by atoms with Crippen LogP contribution in [-0.4, -0.2) is 23.0 Å². The Bertz CT molecular complexity index is 925. The standard InChI is InChI=1S/C17H13N3O2/c1-22-11-4-5-15-13(8-11)10(9-19-15)7-14-12-3-2-6-18-16(12)20-17(14)21/h2-9,19H,1H3,(H,18,20,21)/b14-7+. The van der Waals surface area contributed by atoms with Crippen LogP contribution in [0, 0.1) is 0 Å². The highest BCUT2D eigenvalue weighted by Crippen LogP contribution is 2.33. The molecular weight excluding hydrogens is 278 g/mol. The normalized spacial score (nSPS) is 15.1. The van der Waals surface area contributed by atoms with E-state index in [9.17, 15) is 4.79 Å². The molecular formula is C17H13N3O2. The molecule has 22 heavy (non-hydrogen) atoms. The Kier molecular flexibility index (Phi) is 2.72. The van der Waals surface area contributed by atoms with Gasteiger partial charge in [-0.3, -0.25) is 4.79 Å². The molecule has 108 valence electrons. The number of amides is 1. The van der Waals surface area contributed by atoms with Gasteiger partial charge in [0, 0.05) is 34.4 Å². The second kappa shape index (κ2) is 4.73. The summed E-state index contributed by atoms with van der Waals surface area (Å²) in [7, 11) is 1.64. The van der Waals surface area contributed by atoms with Crippen molar-refractivity contribution in [3.63, 3.8) is 0 Å². The maximum absolute atomic E-state index is 12.2. The van der Waals surface area contributed by atoms with Gasteiger partial charge in [0.15, 0.2) is 0 Å². The van der Waals surface area contributed by atoms with Crippen LogP contribution in [0.25, 0.3) is 22.6 Å². The molecule has 1 aliphatic rings. The monoisotopic (exact) mass is 291 g/mol. The number of carbonyl (C=O) groups is 1. The zero-order valence-corrected chi connectivity index (χ0v) is 11.9. The van der Waals surface area contributed by atoms with Gasteiger partial charge in [0.25, 0.3) is 5.91 Å². The van der Waals surface area contributed by atoms with Crippen LogP contribution in [0.15, 0.2) is 42.7 Å². The van der Waals surface area contributed by atoms with E-state index in [1.54, 1.807) is 13.3 Å². The molecule has 4 rings (SSSR count). The SMILES string of the molecule is COc1ccc2[nH]cc(/C=C3/C(=O)Nc4ncccc43)c2c1. The molecule has 2 N–H and O–H groups in total.